The first kappa shape index (κ1) is 15.2. The van der Waals surface area contributed by atoms with Crippen molar-refractivity contribution < 1.29 is 19.4 Å². The lowest BCUT2D eigenvalue weighted by molar-refractivity contribution is -0.135. The average Bonchev–Trinajstić information content (AvgIpc) is 2.46. The maximum Gasteiger partial charge on any atom is 0.335 e. The third-order valence-corrected chi connectivity index (χ3v) is 3.26. The molecule has 0 aliphatic carbocycles. The van der Waals surface area contributed by atoms with Crippen LogP contribution in [0.1, 0.15) is 23.0 Å². The summed E-state index contributed by atoms with van der Waals surface area (Å²) in [5, 5.41) is 12.0. The number of carbonyl (C=O) groups excluding carboxylic acids is 1. The Morgan fingerprint density at radius 3 is 2.67 bits per heavy atom. The van der Waals surface area contributed by atoms with Crippen LogP contribution in [-0.2, 0) is 9.53 Å². The van der Waals surface area contributed by atoms with Crippen LogP contribution >= 0.6 is 0 Å². The van der Waals surface area contributed by atoms with Gasteiger partial charge in [-0.1, -0.05) is 0 Å². The van der Waals surface area contributed by atoms with E-state index in [0.717, 1.165) is 0 Å². The van der Waals surface area contributed by atoms with Gasteiger partial charge in [-0.2, -0.15) is 0 Å². The molecule has 0 bridgehead atoms. The number of aromatic nitrogens is 1. The monoisotopic (exact) mass is 293 g/mol. The Morgan fingerprint density at radius 2 is 2.05 bits per heavy atom. The molecule has 1 aromatic heterocycles. The molecule has 2 heterocycles. The summed E-state index contributed by atoms with van der Waals surface area (Å²) in [4.78, 5) is 29.2. The Hall–Kier alpha value is -2.15. The highest BCUT2D eigenvalue weighted by molar-refractivity contribution is 5.89. The summed E-state index contributed by atoms with van der Waals surface area (Å²) in [6, 6.07) is 2.44. The molecular weight excluding hydrogens is 274 g/mol. The number of morpholine rings is 1. The summed E-state index contributed by atoms with van der Waals surface area (Å²) < 4.78 is 5.21. The summed E-state index contributed by atoms with van der Waals surface area (Å²) in [7, 11) is 0. The summed E-state index contributed by atoms with van der Waals surface area (Å²) in [5.41, 5.74) is 0.736. The smallest absolute Gasteiger partial charge is 0.335 e. The van der Waals surface area contributed by atoms with Crippen LogP contribution in [0.3, 0.4) is 0 Å². The van der Waals surface area contributed by atoms with Gasteiger partial charge in [0, 0.05) is 18.8 Å². The number of pyridine rings is 1. The lowest BCUT2D eigenvalue weighted by Gasteiger charge is -2.29. The molecule has 1 aromatic rings. The highest BCUT2D eigenvalue weighted by atomic mass is 16.5. The van der Waals surface area contributed by atoms with Gasteiger partial charge in [0.15, 0.2) is 0 Å². The Bertz CT molecular complexity index is 541. The second-order valence-electron chi connectivity index (χ2n) is 4.99. The Morgan fingerprint density at radius 1 is 1.38 bits per heavy atom. The molecule has 1 fully saturated rings. The molecule has 2 rings (SSSR count). The predicted octanol–water partition coefficient (Wildman–Crippen LogP) is 0.747. The van der Waals surface area contributed by atoms with Crippen molar-refractivity contribution in [3.05, 3.63) is 23.4 Å². The number of nitrogens with one attached hydrogen (secondary N) is 1. The number of carbonyl (C=O) groups is 2. The fourth-order valence-corrected chi connectivity index (χ4v) is 2.21. The zero-order valence-corrected chi connectivity index (χ0v) is 12.1. The number of hydrogen-bond acceptors (Lipinski definition) is 5. The zero-order valence-electron chi connectivity index (χ0n) is 12.1. The number of anilines is 1. The molecule has 0 radical (unpaired) electrons. The highest BCUT2D eigenvalue weighted by Gasteiger charge is 2.22. The SMILES string of the molecule is Cc1cc(C(=O)O)cc(NC(C)C(=O)N2CCOCC2)n1. The molecular formula is C14H19N3O4. The van der Waals surface area contributed by atoms with Crippen LogP contribution in [0, 0.1) is 6.92 Å². The molecule has 7 heteroatoms. The topological polar surface area (TPSA) is 91.8 Å². The molecule has 1 amide bonds. The van der Waals surface area contributed by atoms with E-state index in [9.17, 15) is 9.59 Å². The van der Waals surface area contributed by atoms with Crippen molar-refractivity contribution in [2.45, 2.75) is 19.9 Å². The molecule has 1 saturated heterocycles. The van der Waals surface area contributed by atoms with Crippen LogP contribution in [0.25, 0.3) is 0 Å². The minimum Gasteiger partial charge on any atom is -0.478 e. The summed E-state index contributed by atoms with van der Waals surface area (Å²) in [6.45, 7) is 5.70. The minimum atomic E-state index is -1.02. The van der Waals surface area contributed by atoms with Crippen molar-refractivity contribution in [2.24, 2.45) is 0 Å². The van der Waals surface area contributed by atoms with Gasteiger partial charge in [0.05, 0.1) is 18.8 Å². The van der Waals surface area contributed by atoms with Crippen LogP contribution in [0.15, 0.2) is 12.1 Å². The van der Waals surface area contributed by atoms with E-state index in [1.165, 1.54) is 12.1 Å². The van der Waals surface area contributed by atoms with E-state index in [0.29, 0.717) is 37.8 Å². The van der Waals surface area contributed by atoms with Crippen LogP contribution in [0.5, 0.6) is 0 Å². The second kappa shape index (κ2) is 6.53. The number of aryl methyl sites for hydroxylation is 1. The van der Waals surface area contributed by atoms with Crippen LogP contribution in [0.4, 0.5) is 5.82 Å². The first-order chi connectivity index (χ1) is 9.97. The van der Waals surface area contributed by atoms with Crippen molar-refractivity contribution >= 4 is 17.7 Å². The molecule has 7 nitrogen and oxygen atoms in total. The standard InChI is InChI=1S/C14H19N3O4/c1-9-7-11(14(19)20)8-12(15-9)16-10(2)13(18)17-3-5-21-6-4-17/h7-8,10H,3-6H2,1-2H3,(H,15,16)(H,19,20). The van der Waals surface area contributed by atoms with Gasteiger partial charge in [-0.3, -0.25) is 4.79 Å². The third-order valence-electron chi connectivity index (χ3n) is 3.26. The van der Waals surface area contributed by atoms with E-state index >= 15 is 0 Å². The molecule has 0 aromatic carbocycles. The minimum absolute atomic E-state index is 0.0431. The number of amides is 1. The molecule has 1 unspecified atom stereocenters. The normalized spacial score (nSPS) is 16.4. The number of carboxylic acid groups (broad SMARTS) is 1. The van der Waals surface area contributed by atoms with E-state index in [2.05, 4.69) is 10.3 Å². The van der Waals surface area contributed by atoms with Gasteiger partial charge in [-0.25, -0.2) is 9.78 Å². The van der Waals surface area contributed by atoms with E-state index in [1.54, 1.807) is 18.7 Å². The maximum atomic E-state index is 12.3. The van der Waals surface area contributed by atoms with Gasteiger partial charge in [-0.05, 0) is 26.0 Å². The summed E-state index contributed by atoms with van der Waals surface area (Å²) in [5.74, 6) is -0.671. The lowest BCUT2D eigenvalue weighted by Crippen LogP contribution is -2.47. The van der Waals surface area contributed by atoms with Gasteiger partial charge < -0.3 is 20.1 Å². The zero-order chi connectivity index (χ0) is 15.4. The molecule has 2 N–H and O–H groups in total. The Labute approximate surface area is 122 Å². The van der Waals surface area contributed by atoms with E-state index in [4.69, 9.17) is 9.84 Å². The molecule has 0 saturated carbocycles. The molecule has 114 valence electrons. The first-order valence-electron chi connectivity index (χ1n) is 6.82. The molecule has 0 spiro atoms. The number of rotatable bonds is 4. The molecule has 1 aliphatic rings. The van der Waals surface area contributed by atoms with Crippen molar-refractivity contribution in [1.29, 1.82) is 0 Å². The fourth-order valence-electron chi connectivity index (χ4n) is 2.21. The van der Waals surface area contributed by atoms with E-state index < -0.39 is 12.0 Å². The summed E-state index contributed by atoms with van der Waals surface area (Å²) in [6.07, 6.45) is 0. The van der Waals surface area contributed by atoms with Gasteiger partial charge in [0.1, 0.15) is 11.9 Å². The van der Waals surface area contributed by atoms with Crippen molar-refractivity contribution in [2.75, 3.05) is 31.6 Å². The largest absolute Gasteiger partial charge is 0.478 e. The number of carboxylic acids is 1. The van der Waals surface area contributed by atoms with Gasteiger partial charge in [0.25, 0.3) is 0 Å². The molecule has 21 heavy (non-hydrogen) atoms. The Balaban J connectivity index is 2.06. The maximum absolute atomic E-state index is 12.3. The molecule has 1 aliphatic heterocycles. The van der Waals surface area contributed by atoms with Crippen LogP contribution < -0.4 is 5.32 Å². The van der Waals surface area contributed by atoms with Crippen molar-refractivity contribution in [1.82, 2.24) is 9.88 Å². The fraction of sp³-hybridized carbons (Fsp3) is 0.500. The first-order valence-corrected chi connectivity index (χ1v) is 6.82. The third kappa shape index (κ3) is 3.91. The van der Waals surface area contributed by atoms with E-state index in [-0.39, 0.29) is 11.5 Å². The number of hydrogen-bond donors (Lipinski definition) is 2. The predicted molar refractivity (Wildman–Crippen MR) is 76.4 cm³/mol. The second-order valence-corrected chi connectivity index (χ2v) is 4.99. The highest BCUT2D eigenvalue weighted by Crippen LogP contribution is 2.12. The number of ether oxygens (including phenoxy) is 1. The summed E-state index contributed by atoms with van der Waals surface area (Å²) >= 11 is 0. The quantitative estimate of drug-likeness (QED) is 0.851. The number of nitrogens with zero attached hydrogens (tertiary/aromatic N) is 2. The van der Waals surface area contributed by atoms with Gasteiger partial charge in [-0.15, -0.1) is 0 Å². The molecule has 1 atom stereocenters. The van der Waals surface area contributed by atoms with Crippen molar-refractivity contribution in [3.8, 4) is 0 Å². The average molecular weight is 293 g/mol. The van der Waals surface area contributed by atoms with Gasteiger partial charge >= 0.3 is 5.97 Å². The lowest BCUT2D eigenvalue weighted by atomic mass is 10.2. The Kier molecular flexibility index (Phi) is 4.74. The van der Waals surface area contributed by atoms with E-state index in [1.807, 2.05) is 0 Å². The van der Waals surface area contributed by atoms with Gasteiger partial charge in [0.2, 0.25) is 5.91 Å². The van der Waals surface area contributed by atoms with Crippen molar-refractivity contribution in [3.63, 3.8) is 0 Å². The number of aromatic carboxylic acids is 1. The van der Waals surface area contributed by atoms with Crippen LogP contribution in [-0.4, -0.2) is 59.2 Å². The van der Waals surface area contributed by atoms with Crippen LogP contribution in [0.2, 0.25) is 0 Å².